The number of hydrogen-bond donors (Lipinski definition) is 2. The summed E-state index contributed by atoms with van der Waals surface area (Å²) in [5, 5.41) is 6.07. The smallest absolute Gasteiger partial charge is 0.253 e. The molecule has 3 rings (SSSR count). The molecular formula is C21H16BrClN2O2. The maximum Gasteiger partial charge on any atom is 0.253 e. The summed E-state index contributed by atoms with van der Waals surface area (Å²) in [5.74, 6) is -0.736. The Labute approximate surface area is 170 Å². The molecule has 2 N–H and O–H groups in total. The molecule has 0 aromatic heterocycles. The van der Waals surface area contributed by atoms with Gasteiger partial charge in [0.05, 0.1) is 5.56 Å². The Morgan fingerprint density at radius 3 is 2.19 bits per heavy atom. The average molecular weight is 444 g/mol. The Morgan fingerprint density at radius 2 is 1.52 bits per heavy atom. The number of amides is 2. The van der Waals surface area contributed by atoms with Crippen molar-refractivity contribution < 1.29 is 9.59 Å². The third-order valence-corrected chi connectivity index (χ3v) is 4.81. The SMILES string of the molecule is O=C(NC(C(=O)Nc1ccccc1)c1ccccc1)c1cc(Cl)ccc1Br. The zero-order chi connectivity index (χ0) is 19.2. The zero-order valence-corrected chi connectivity index (χ0v) is 16.5. The van der Waals surface area contributed by atoms with Crippen molar-refractivity contribution in [3.63, 3.8) is 0 Å². The monoisotopic (exact) mass is 442 g/mol. The van der Waals surface area contributed by atoms with Crippen LogP contribution in [0, 0.1) is 0 Å². The van der Waals surface area contributed by atoms with E-state index in [1.807, 2.05) is 36.4 Å². The molecule has 1 unspecified atom stereocenters. The van der Waals surface area contributed by atoms with Crippen molar-refractivity contribution in [2.75, 3.05) is 5.32 Å². The lowest BCUT2D eigenvalue weighted by Gasteiger charge is -2.19. The zero-order valence-electron chi connectivity index (χ0n) is 14.2. The largest absolute Gasteiger partial charge is 0.336 e. The van der Waals surface area contributed by atoms with E-state index < -0.39 is 11.9 Å². The molecule has 2 amide bonds. The molecule has 0 saturated heterocycles. The predicted molar refractivity (Wildman–Crippen MR) is 111 cm³/mol. The number of carbonyl (C=O) groups excluding carboxylic acids is 2. The van der Waals surface area contributed by atoms with Crippen LogP contribution >= 0.6 is 27.5 Å². The highest BCUT2D eigenvalue weighted by atomic mass is 79.9. The first-order valence-corrected chi connectivity index (χ1v) is 9.38. The van der Waals surface area contributed by atoms with Crippen molar-refractivity contribution >= 4 is 45.0 Å². The third kappa shape index (κ3) is 4.96. The summed E-state index contributed by atoms with van der Waals surface area (Å²) >= 11 is 9.35. The highest BCUT2D eigenvalue weighted by molar-refractivity contribution is 9.10. The second-order valence-corrected chi connectivity index (χ2v) is 7.09. The first-order valence-electron chi connectivity index (χ1n) is 8.21. The Kier molecular flexibility index (Phi) is 6.27. The van der Waals surface area contributed by atoms with Gasteiger partial charge in [0.15, 0.2) is 0 Å². The standard InChI is InChI=1S/C21H16BrClN2O2/c22-18-12-11-15(23)13-17(18)20(26)25-19(14-7-3-1-4-8-14)21(27)24-16-9-5-2-6-10-16/h1-13,19H,(H,24,27)(H,25,26). The fraction of sp³-hybridized carbons (Fsp3) is 0.0476. The average Bonchev–Trinajstić information content (AvgIpc) is 2.69. The van der Waals surface area contributed by atoms with Crippen molar-refractivity contribution in [2.45, 2.75) is 6.04 Å². The van der Waals surface area contributed by atoms with Gasteiger partial charge in [-0.3, -0.25) is 9.59 Å². The summed E-state index contributed by atoms with van der Waals surface area (Å²) in [6, 6.07) is 22.2. The molecule has 0 radical (unpaired) electrons. The molecule has 0 fully saturated rings. The highest BCUT2D eigenvalue weighted by Gasteiger charge is 2.24. The summed E-state index contributed by atoms with van der Waals surface area (Å²) in [4.78, 5) is 25.6. The van der Waals surface area contributed by atoms with Crippen LogP contribution in [-0.4, -0.2) is 11.8 Å². The molecule has 0 aliphatic heterocycles. The summed E-state index contributed by atoms with van der Waals surface area (Å²) in [7, 11) is 0. The number of rotatable bonds is 5. The number of para-hydroxylation sites is 1. The first kappa shape index (κ1) is 19.1. The van der Waals surface area contributed by atoms with Gasteiger partial charge in [0.1, 0.15) is 6.04 Å². The van der Waals surface area contributed by atoms with Crippen LogP contribution in [0.25, 0.3) is 0 Å². The summed E-state index contributed by atoms with van der Waals surface area (Å²) in [6.45, 7) is 0. The lowest BCUT2D eigenvalue weighted by molar-refractivity contribution is -0.118. The van der Waals surface area contributed by atoms with Crippen LogP contribution in [0.3, 0.4) is 0 Å². The van der Waals surface area contributed by atoms with E-state index in [2.05, 4.69) is 26.6 Å². The van der Waals surface area contributed by atoms with Gasteiger partial charge in [0.2, 0.25) is 0 Å². The molecule has 136 valence electrons. The van der Waals surface area contributed by atoms with Gasteiger partial charge in [0.25, 0.3) is 11.8 Å². The predicted octanol–water partition coefficient (Wildman–Crippen LogP) is 5.21. The summed E-state index contributed by atoms with van der Waals surface area (Å²) < 4.78 is 0.597. The molecule has 4 nitrogen and oxygen atoms in total. The van der Waals surface area contributed by atoms with E-state index in [-0.39, 0.29) is 5.91 Å². The fourth-order valence-electron chi connectivity index (χ4n) is 2.56. The minimum Gasteiger partial charge on any atom is -0.336 e. The minimum atomic E-state index is -0.857. The quantitative estimate of drug-likeness (QED) is 0.568. The number of halogens is 2. The molecule has 0 aliphatic rings. The highest BCUT2D eigenvalue weighted by Crippen LogP contribution is 2.23. The number of benzene rings is 3. The van der Waals surface area contributed by atoms with Crippen LogP contribution < -0.4 is 10.6 Å². The second kappa shape index (κ2) is 8.84. The molecule has 0 aliphatic carbocycles. The van der Waals surface area contributed by atoms with Crippen LogP contribution in [-0.2, 0) is 4.79 Å². The number of nitrogens with one attached hydrogen (secondary N) is 2. The Hall–Kier alpha value is -2.63. The summed E-state index contributed by atoms with van der Waals surface area (Å²) in [5.41, 5.74) is 1.69. The van der Waals surface area contributed by atoms with E-state index in [1.165, 1.54) is 0 Å². The van der Waals surface area contributed by atoms with E-state index in [1.54, 1.807) is 42.5 Å². The van der Waals surface area contributed by atoms with Crippen molar-refractivity contribution in [1.82, 2.24) is 5.32 Å². The van der Waals surface area contributed by atoms with Crippen LogP contribution in [0.1, 0.15) is 22.0 Å². The maximum absolute atomic E-state index is 12.9. The molecule has 0 bridgehead atoms. The van der Waals surface area contributed by atoms with Crippen LogP contribution in [0.2, 0.25) is 5.02 Å². The molecule has 3 aromatic carbocycles. The van der Waals surface area contributed by atoms with Crippen LogP contribution in [0.4, 0.5) is 5.69 Å². The van der Waals surface area contributed by atoms with Crippen LogP contribution in [0.5, 0.6) is 0 Å². The lowest BCUT2D eigenvalue weighted by atomic mass is 10.1. The lowest BCUT2D eigenvalue weighted by Crippen LogP contribution is -2.37. The molecule has 0 spiro atoms. The molecule has 6 heteroatoms. The fourth-order valence-corrected chi connectivity index (χ4v) is 3.16. The molecule has 3 aromatic rings. The molecule has 1 atom stereocenters. The van der Waals surface area contributed by atoms with Gasteiger partial charge in [0, 0.05) is 15.2 Å². The minimum absolute atomic E-state index is 0.334. The van der Waals surface area contributed by atoms with Crippen molar-refractivity contribution in [3.8, 4) is 0 Å². The second-order valence-electron chi connectivity index (χ2n) is 5.80. The maximum atomic E-state index is 12.9. The molecule has 27 heavy (non-hydrogen) atoms. The van der Waals surface area contributed by atoms with E-state index in [4.69, 9.17) is 11.6 Å². The van der Waals surface area contributed by atoms with Gasteiger partial charge < -0.3 is 10.6 Å². The molecular weight excluding hydrogens is 428 g/mol. The number of anilines is 1. The Balaban J connectivity index is 1.87. The van der Waals surface area contributed by atoms with Crippen molar-refractivity contribution in [2.24, 2.45) is 0 Å². The van der Waals surface area contributed by atoms with Crippen LogP contribution in [0.15, 0.2) is 83.3 Å². The van der Waals surface area contributed by atoms with E-state index in [0.717, 1.165) is 0 Å². The van der Waals surface area contributed by atoms with E-state index in [9.17, 15) is 9.59 Å². The van der Waals surface area contributed by atoms with Gasteiger partial charge in [-0.05, 0) is 51.8 Å². The number of hydrogen-bond acceptors (Lipinski definition) is 2. The Bertz CT molecular complexity index is 949. The van der Waals surface area contributed by atoms with E-state index >= 15 is 0 Å². The van der Waals surface area contributed by atoms with Gasteiger partial charge >= 0.3 is 0 Å². The van der Waals surface area contributed by atoms with Gasteiger partial charge in [-0.15, -0.1) is 0 Å². The van der Waals surface area contributed by atoms with Gasteiger partial charge in [-0.1, -0.05) is 60.1 Å². The Morgan fingerprint density at radius 1 is 0.889 bits per heavy atom. The normalized spacial score (nSPS) is 11.5. The molecule has 0 heterocycles. The topological polar surface area (TPSA) is 58.2 Å². The van der Waals surface area contributed by atoms with Crippen molar-refractivity contribution in [3.05, 3.63) is 99.5 Å². The van der Waals surface area contributed by atoms with Gasteiger partial charge in [-0.2, -0.15) is 0 Å². The summed E-state index contributed by atoms with van der Waals surface area (Å²) in [6.07, 6.45) is 0. The first-order chi connectivity index (χ1) is 13.0. The van der Waals surface area contributed by atoms with E-state index in [0.29, 0.717) is 26.3 Å². The number of carbonyl (C=O) groups is 2. The van der Waals surface area contributed by atoms with Gasteiger partial charge in [-0.25, -0.2) is 0 Å². The molecule has 0 saturated carbocycles. The third-order valence-electron chi connectivity index (χ3n) is 3.88. The van der Waals surface area contributed by atoms with Crippen molar-refractivity contribution in [1.29, 1.82) is 0 Å².